The maximum absolute atomic E-state index is 14.0. The number of hydrogen-bond acceptors (Lipinski definition) is 14. The Bertz CT molecular complexity index is 2200. The Balaban J connectivity index is 3.24. The largest absolute Gasteiger partial charge is 0.481 e. The Morgan fingerprint density at radius 3 is 1.45 bits per heavy atom. The van der Waals surface area contributed by atoms with Gasteiger partial charge in [0.05, 0.1) is 25.4 Å². The summed E-state index contributed by atoms with van der Waals surface area (Å²) in [4.78, 5) is 167. The van der Waals surface area contributed by atoms with Crippen LogP contribution in [-0.2, 0) is 68.7 Å². The van der Waals surface area contributed by atoms with Gasteiger partial charge in [0.1, 0.15) is 48.3 Å². The third kappa shape index (κ3) is 23.4. The van der Waals surface area contributed by atoms with Gasteiger partial charge in [-0.1, -0.05) is 91.1 Å². The molecule has 1 aromatic carbocycles. The number of primary amides is 1. The lowest BCUT2D eigenvalue weighted by Crippen LogP contribution is -2.61. The van der Waals surface area contributed by atoms with Gasteiger partial charge in [0.25, 0.3) is 0 Å². The van der Waals surface area contributed by atoms with Crippen LogP contribution < -0.4 is 59.3 Å². The van der Waals surface area contributed by atoms with Gasteiger partial charge in [0.2, 0.25) is 59.1 Å². The van der Waals surface area contributed by atoms with Gasteiger partial charge < -0.3 is 74.6 Å². The highest BCUT2D eigenvalue weighted by molar-refractivity contribution is 5.99. The number of benzene rings is 1. The molecule has 27 nitrogen and oxygen atoms in total. The van der Waals surface area contributed by atoms with E-state index in [4.69, 9.17) is 11.5 Å². The molecule has 0 spiro atoms. The lowest BCUT2D eigenvalue weighted by Gasteiger charge is -2.29. The van der Waals surface area contributed by atoms with E-state index in [1.54, 1.807) is 65.0 Å². The molecule has 0 fully saturated rings. The Morgan fingerprint density at radius 2 is 0.960 bits per heavy atom. The van der Waals surface area contributed by atoms with E-state index in [1.165, 1.54) is 13.8 Å². The number of aliphatic carboxylic acids is 3. The average Bonchev–Trinajstić information content (AvgIpc) is 3.35. The van der Waals surface area contributed by atoms with Gasteiger partial charge in [0.15, 0.2) is 0 Å². The van der Waals surface area contributed by atoms with Gasteiger partial charge in [-0.3, -0.25) is 57.5 Å². The summed E-state index contributed by atoms with van der Waals surface area (Å²) >= 11 is 0. The number of rotatable bonds is 34. The molecule has 0 aliphatic carbocycles. The summed E-state index contributed by atoms with van der Waals surface area (Å²) in [7, 11) is 0. The lowest BCUT2D eigenvalue weighted by atomic mass is 9.96. The number of carboxylic acid groups (broad SMARTS) is 3. The number of carboxylic acids is 3. The summed E-state index contributed by atoms with van der Waals surface area (Å²) in [5.74, 6) is -15.5. The Hall–Kier alpha value is -7.71. The Morgan fingerprint density at radius 1 is 0.493 bits per heavy atom. The fourth-order valence-corrected chi connectivity index (χ4v) is 6.94. The van der Waals surface area contributed by atoms with Crippen molar-refractivity contribution in [1.29, 1.82) is 0 Å². The van der Waals surface area contributed by atoms with Crippen LogP contribution in [-0.4, -0.2) is 153 Å². The lowest BCUT2D eigenvalue weighted by molar-refractivity contribution is -0.143. The standard InChI is InChI=1S/C48H75N11O16/c1-9-23(4)37(50)45(71)53-27(8)41(67)56-31(21-36(64)65)44(70)59-39(25(6)11-3)47(73)54-29(17-18-35(62)63)42(68)58-38(24(5)10-2)46(72)51-22-34(61)52-26(7)40(66)55-30(19-28-15-13-12-14-16-28)43(69)57-32(48(74)75)20-33(49)60/h12-16,23-27,29-32,37-39H,9-11,17-22,50H2,1-8H3,(H2,49,60)(H,51,72)(H,52,61)(H,53,71)(H,54,73)(H,55,66)(H,56,67)(H,57,69)(H,58,68)(H,59,70)(H,62,63)(H,64,65)(H,74,75)/t23-,24-,25-,26-,27-,29-,30-,31-,32-,37-,38-,39-/m0/s1. The van der Waals surface area contributed by atoms with Crippen molar-refractivity contribution in [3.05, 3.63) is 35.9 Å². The molecular formula is C48H75N11O16. The van der Waals surface area contributed by atoms with Gasteiger partial charge in [0, 0.05) is 12.8 Å². The van der Waals surface area contributed by atoms with Crippen LogP contribution in [0.15, 0.2) is 30.3 Å². The van der Waals surface area contributed by atoms with Crippen LogP contribution >= 0.6 is 0 Å². The molecule has 0 bridgehead atoms. The predicted octanol–water partition coefficient (Wildman–Crippen LogP) is -2.97. The summed E-state index contributed by atoms with van der Waals surface area (Å²) in [6.07, 6.45) is -1.94. The molecule has 418 valence electrons. The second kappa shape index (κ2) is 32.5. The minimum atomic E-state index is -1.77. The fraction of sp³-hybridized carbons (Fsp3) is 0.604. The quantitative estimate of drug-likeness (QED) is 0.0328. The van der Waals surface area contributed by atoms with E-state index in [2.05, 4.69) is 47.9 Å². The molecule has 0 radical (unpaired) electrons. The van der Waals surface area contributed by atoms with Crippen LogP contribution in [0.5, 0.6) is 0 Å². The molecule has 10 amide bonds. The molecule has 75 heavy (non-hydrogen) atoms. The van der Waals surface area contributed by atoms with Crippen molar-refractivity contribution < 1.29 is 77.6 Å². The molecule has 0 aromatic heterocycles. The predicted molar refractivity (Wildman–Crippen MR) is 267 cm³/mol. The molecular weight excluding hydrogens is 987 g/mol. The number of nitrogens with one attached hydrogen (secondary N) is 9. The van der Waals surface area contributed by atoms with Crippen molar-refractivity contribution >= 4 is 77.0 Å². The number of carbonyl (C=O) groups excluding carboxylic acids is 10. The molecule has 27 heteroatoms. The molecule has 0 unspecified atom stereocenters. The highest BCUT2D eigenvalue weighted by Gasteiger charge is 2.36. The van der Waals surface area contributed by atoms with Crippen LogP contribution in [0, 0.1) is 17.8 Å². The first kappa shape index (κ1) is 65.3. The van der Waals surface area contributed by atoms with Crippen LogP contribution in [0.1, 0.15) is 106 Å². The maximum Gasteiger partial charge on any atom is 0.326 e. The number of carbonyl (C=O) groups is 13. The zero-order valence-electron chi connectivity index (χ0n) is 43.5. The highest BCUT2D eigenvalue weighted by Crippen LogP contribution is 2.14. The summed E-state index contributed by atoms with van der Waals surface area (Å²) in [5, 5.41) is 50.0. The van der Waals surface area contributed by atoms with E-state index in [-0.39, 0.29) is 25.2 Å². The van der Waals surface area contributed by atoms with Crippen molar-refractivity contribution in [1.82, 2.24) is 47.9 Å². The summed E-state index contributed by atoms with van der Waals surface area (Å²) in [6.45, 7) is 11.8. The summed E-state index contributed by atoms with van der Waals surface area (Å²) in [6, 6.07) is -4.71. The summed E-state index contributed by atoms with van der Waals surface area (Å²) < 4.78 is 0. The fourth-order valence-electron chi connectivity index (χ4n) is 6.94. The molecule has 0 saturated heterocycles. The zero-order chi connectivity index (χ0) is 57.3. The number of amides is 10. The van der Waals surface area contributed by atoms with Gasteiger partial charge in [-0.25, -0.2) is 4.79 Å². The van der Waals surface area contributed by atoms with Crippen molar-refractivity contribution in [2.24, 2.45) is 29.2 Å². The maximum atomic E-state index is 14.0. The first-order chi connectivity index (χ1) is 35.1. The van der Waals surface area contributed by atoms with E-state index >= 15 is 0 Å². The van der Waals surface area contributed by atoms with E-state index in [1.807, 2.05) is 6.92 Å². The molecule has 1 aromatic rings. The van der Waals surface area contributed by atoms with E-state index in [0.717, 1.165) is 0 Å². The van der Waals surface area contributed by atoms with Crippen molar-refractivity contribution in [2.45, 2.75) is 161 Å². The molecule has 16 N–H and O–H groups in total. The monoisotopic (exact) mass is 1060 g/mol. The summed E-state index contributed by atoms with van der Waals surface area (Å²) in [5.41, 5.74) is 11.6. The SMILES string of the molecule is CC[C@H](C)[C@H](N)C(=O)N[C@@H](C)C(=O)N[C@@H](CC(=O)O)C(=O)N[C@H](C(=O)N[C@@H](CCC(=O)O)C(=O)N[C@H](C(=O)NCC(=O)N[C@@H](C)C(=O)N[C@@H](Cc1ccccc1)C(=O)N[C@@H](CC(N)=O)C(=O)O)[C@@H](C)CC)[C@@H](C)CC. The molecule has 1 rings (SSSR count). The Labute approximate surface area is 434 Å². The topological polar surface area (TPSA) is 443 Å². The van der Waals surface area contributed by atoms with E-state index < -0.39 is 175 Å². The minimum Gasteiger partial charge on any atom is -0.481 e. The van der Waals surface area contributed by atoms with Gasteiger partial charge in [-0.15, -0.1) is 0 Å². The second-order valence-corrected chi connectivity index (χ2v) is 18.4. The van der Waals surface area contributed by atoms with Crippen LogP contribution in [0.3, 0.4) is 0 Å². The number of hydrogen-bond donors (Lipinski definition) is 14. The van der Waals surface area contributed by atoms with E-state index in [9.17, 15) is 77.6 Å². The smallest absolute Gasteiger partial charge is 0.326 e. The highest BCUT2D eigenvalue weighted by atomic mass is 16.4. The first-order valence-corrected chi connectivity index (χ1v) is 24.5. The van der Waals surface area contributed by atoms with Gasteiger partial charge >= 0.3 is 17.9 Å². The third-order valence-electron chi connectivity index (χ3n) is 12.3. The molecule has 0 heterocycles. The van der Waals surface area contributed by atoms with E-state index in [0.29, 0.717) is 12.0 Å². The van der Waals surface area contributed by atoms with Crippen LogP contribution in [0.2, 0.25) is 0 Å². The third-order valence-corrected chi connectivity index (χ3v) is 12.3. The Kier molecular flexibility index (Phi) is 28.3. The first-order valence-electron chi connectivity index (χ1n) is 24.5. The molecule has 0 aliphatic rings. The molecule has 0 saturated carbocycles. The van der Waals surface area contributed by atoms with Gasteiger partial charge in [-0.2, -0.15) is 0 Å². The van der Waals surface area contributed by atoms with Gasteiger partial charge in [-0.05, 0) is 43.6 Å². The van der Waals surface area contributed by atoms with Crippen molar-refractivity contribution in [3.63, 3.8) is 0 Å². The second-order valence-electron chi connectivity index (χ2n) is 18.4. The van der Waals surface area contributed by atoms with Crippen molar-refractivity contribution in [3.8, 4) is 0 Å². The number of nitrogens with two attached hydrogens (primary N) is 2. The normalized spacial score (nSPS) is 15.7. The van der Waals surface area contributed by atoms with Crippen LogP contribution in [0.4, 0.5) is 0 Å². The average molecular weight is 1060 g/mol. The molecule has 0 aliphatic heterocycles. The zero-order valence-corrected chi connectivity index (χ0v) is 43.5. The molecule has 12 atom stereocenters. The van der Waals surface area contributed by atoms with Crippen molar-refractivity contribution in [2.75, 3.05) is 6.54 Å². The van der Waals surface area contributed by atoms with Crippen LogP contribution in [0.25, 0.3) is 0 Å². The minimum absolute atomic E-state index is 0.133.